The largest absolute Gasteiger partial charge is 0.477 e. The average molecular weight is 363 g/mol. The van der Waals surface area contributed by atoms with Gasteiger partial charge >= 0.3 is 5.97 Å². The SMILES string of the molecule is CC1Sc2c(C(=O)O)c(=O)c3cc(F)c(N4CCN(C)CC4)cc3n21. The molecule has 3 heterocycles. The van der Waals surface area contributed by atoms with Crippen molar-refractivity contribution >= 4 is 34.3 Å². The number of rotatable bonds is 2. The highest BCUT2D eigenvalue weighted by atomic mass is 32.2. The van der Waals surface area contributed by atoms with Gasteiger partial charge in [-0.3, -0.25) is 4.79 Å². The smallest absolute Gasteiger partial charge is 0.342 e. The number of pyridine rings is 1. The van der Waals surface area contributed by atoms with E-state index in [1.165, 1.54) is 17.8 Å². The van der Waals surface area contributed by atoms with Crippen LogP contribution in [0.3, 0.4) is 0 Å². The summed E-state index contributed by atoms with van der Waals surface area (Å²) in [5.41, 5.74) is 0.202. The first-order chi connectivity index (χ1) is 11.9. The lowest BCUT2D eigenvalue weighted by atomic mass is 10.1. The molecule has 1 saturated heterocycles. The lowest BCUT2D eigenvalue weighted by molar-refractivity contribution is 0.0689. The van der Waals surface area contributed by atoms with Gasteiger partial charge in [0.15, 0.2) is 0 Å². The van der Waals surface area contributed by atoms with E-state index in [1.807, 2.05) is 23.4 Å². The van der Waals surface area contributed by atoms with Crippen LogP contribution in [0.4, 0.5) is 10.1 Å². The second kappa shape index (κ2) is 5.74. The molecule has 25 heavy (non-hydrogen) atoms. The van der Waals surface area contributed by atoms with Gasteiger partial charge in [-0.2, -0.15) is 0 Å². The van der Waals surface area contributed by atoms with Crippen molar-refractivity contribution in [2.75, 3.05) is 38.1 Å². The highest BCUT2D eigenvalue weighted by Gasteiger charge is 2.33. The van der Waals surface area contributed by atoms with E-state index in [0.29, 0.717) is 29.3 Å². The minimum Gasteiger partial charge on any atom is -0.477 e. The Hall–Kier alpha value is -2.06. The third-order valence-electron chi connectivity index (χ3n) is 4.93. The maximum atomic E-state index is 14.7. The van der Waals surface area contributed by atoms with Crippen LogP contribution in [0.15, 0.2) is 22.0 Å². The number of aromatic nitrogens is 1. The van der Waals surface area contributed by atoms with Crippen LogP contribution < -0.4 is 10.3 Å². The van der Waals surface area contributed by atoms with Gasteiger partial charge in [0, 0.05) is 31.6 Å². The van der Waals surface area contributed by atoms with E-state index >= 15 is 0 Å². The Balaban J connectivity index is 1.93. The molecule has 2 aliphatic rings. The van der Waals surface area contributed by atoms with Gasteiger partial charge in [-0.05, 0) is 26.1 Å². The zero-order valence-electron chi connectivity index (χ0n) is 14.0. The number of halogens is 1. The number of thioether (sulfide) groups is 1. The molecular formula is C17H18FN3O3S. The number of carboxylic acids is 1. The predicted octanol–water partition coefficient (Wildman–Crippen LogP) is 2.21. The minimum absolute atomic E-state index is 0.0157. The van der Waals surface area contributed by atoms with E-state index in [9.17, 15) is 19.1 Å². The van der Waals surface area contributed by atoms with Gasteiger partial charge in [0.2, 0.25) is 5.43 Å². The van der Waals surface area contributed by atoms with E-state index in [0.717, 1.165) is 13.1 Å². The monoisotopic (exact) mass is 363 g/mol. The Morgan fingerprint density at radius 3 is 2.56 bits per heavy atom. The summed E-state index contributed by atoms with van der Waals surface area (Å²) < 4.78 is 16.5. The van der Waals surface area contributed by atoms with Crippen molar-refractivity contribution in [3.8, 4) is 0 Å². The summed E-state index contributed by atoms with van der Waals surface area (Å²) in [6.45, 7) is 5.06. The highest BCUT2D eigenvalue weighted by Crippen LogP contribution is 2.46. The Bertz CT molecular complexity index is 951. The number of fused-ring (bicyclic) bond motifs is 3. The molecule has 0 spiro atoms. The molecule has 4 rings (SSSR count). The molecule has 1 N–H and O–H groups in total. The quantitative estimate of drug-likeness (QED) is 0.883. The molecule has 1 unspecified atom stereocenters. The van der Waals surface area contributed by atoms with Gasteiger partial charge in [-0.25, -0.2) is 9.18 Å². The first-order valence-electron chi connectivity index (χ1n) is 8.13. The second-order valence-electron chi connectivity index (χ2n) is 6.51. The Kier molecular flexibility index (Phi) is 3.77. The molecule has 132 valence electrons. The van der Waals surface area contributed by atoms with Crippen LogP contribution >= 0.6 is 11.8 Å². The lowest BCUT2D eigenvalue weighted by Crippen LogP contribution is -2.44. The van der Waals surface area contributed by atoms with Gasteiger partial charge in [0.1, 0.15) is 11.4 Å². The zero-order chi connectivity index (χ0) is 17.9. The van der Waals surface area contributed by atoms with Crippen LogP contribution in [0.25, 0.3) is 10.9 Å². The third-order valence-corrected chi connectivity index (χ3v) is 6.11. The number of hydrogen-bond acceptors (Lipinski definition) is 5. The minimum atomic E-state index is -1.27. The molecule has 0 amide bonds. The van der Waals surface area contributed by atoms with E-state index in [1.54, 1.807) is 6.07 Å². The van der Waals surface area contributed by atoms with E-state index < -0.39 is 17.2 Å². The van der Waals surface area contributed by atoms with Crippen molar-refractivity contribution in [3.63, 3.8) is 0 Å². The van der Waals surface area contributed by atoms with Crippen LogP contribution in [0.5, 0.6) is 0 Å². The summed E-state index contributed by atoms with van der Waals surface area (Å²) in [5, 5.41) is 9.97. The standard InChI is InChI=1S/C17H18FN3O3S/c1-9-21-12-8-13(20-5-3-19(2)4-6-20)11(18)7-10(12)15(22)14(17(23)24)16(21)25-9/h7-9H,3-6H2,1-2H3,(H,23,24). The topological polar surface area (TPSA) is 65.8 Å². The second-order valence-corrected chi connectivity index (χ2v) is 7.82. The molecule has 1 aromatic heterocycles. The zero-order valence-corrected chi connectivity index (χ0v) is 14.8. The Morgan fingerprint density at radius 1 is 1.28 bits per heavy atom. The maximum Gasteiger partial charge on any atom is 0.342 e. The molecule has 2 aromatic rings. The molecule has 1 fully saturated rings. The molecule has 1 aromatic carbocycles. The fraction of sp³-hybridized carbons (Fsp3) is 0.412. The van der Waals surface area contributed by atoms with Gasteiger partial charge in [-0.15, -0.1) is 0 Å². The number of hydrogen-bond donors (Lipinski definition) is 1. The normalized spacial score (nSPS) is 20.4. The van der Waals surface area contributed by atoms with Crippen LogP contribution in [0.1, 0.15) is 22.7 Å². The van der Waals surface area contributed by atoms with E-state index in [2.05, 4.69) is 4.90 Å². The summed E-state index contributed by atoms with van der Waals surface area (Å²) in [4.78, 5) is 28.2. The summed E-state index contributed by atoms with van der Waals surface area (Å²) in [5.74, 6) is -1.75. The maximum absolute atomic E-state index is 14.7. The van der Waals surface area contributed by atoms with Crippen LogP contribution in [-0.2, 0) is 0 Å². The summed E-state index contributed by atoms with van der Waals surface area (Å²) >= 11 is 1.35. The number of likely N-dealkylation sites (N-methyl/N-ethyl adjacent to an activating group) is 1. The number of piperazine rings is 1. The lowest BCUT2D eigenvalue weighted by Gasteiger charge is -2.36. The average Bonchev–Trinajstić information content (AvgIpc) is 2.55. The third kappa shape index (κ3) is 2.43. The predicted molar refractivity (Wildman–Crippen MR) is 95.4 cm³/mol. The molecule has 0 aliphatic carbocycles. The van der Waals surface area contributed by atoms with Gasteiger partial charge < -0.3 is 19.5 Å². The number of carboxylic acid groups (broad SMARTS) is 1. The van der Waals surface area contributed by atoms with Gasteiger partial charge in [0.25, 0.3) is 0 Å². The Morgan fingerprint density at radius 2 is 1.96 bits per heavy atom. The number of carbonyl (C=O) groups is 1. The number of nitrogens with zero attached hydrogens (tertiary/aromatic N) is 3. The van der Waals surface area contributed by atoms with Crippen LogP contribution in [0, 0.1) is 5.82 Å². The molecule has 2 aliphatic heterocycles. The summed E-state index contributed by atoms with van der Waals surface area (Å²) in [6.07, 6.45) is 0. The van der Waals surface area contributed by atoms with Crippen molar-refractivity contribution in [1.82, 2.24) is 9.47 Å². The molecule has 8 heteroatoms. The number of aromatic carboxylic acids is 1. The van der Waals surface area contributed by atoms with Crippen molar-refractivity contribution in [2.24, 2.45) is 0 Å². The van der Waals surface area contributed by atoms with Crippen LogP contribution in [-0.4, -0.2) is 53.8 Å². The summed E-state index contributed by atoms with van der Waals surface area (Å²) in [6, 6.07) is 2.89. The van der Waals surface area contributed by atoms with Crippen molar-refractivity contribution in [3.05, 3.63) is 33.7 Å². The molecule has 0 bridgehead atoms. The summed E-state index contributed by atoms with van der Waals surface area (Å²) in [7, 11) is 2.03. The molecule has 1 atom stereocenters. The van der Waals surface area contributed by atoms with E-state index in [-0.39, 0.29) is 16.3 Å². The molecule has 0 radical (unpaired) electrons. The van der Waals surface area contributed by atoms with Crippen LogP contribution in [0.2, 0.25) is 0 Å². The van der Waals surface area contributed by atoms with Crippen molar-refractivity contribution in [1.29, 1.82) is 0 Å². The molecular weight excluding hydrogens is 345 g/mol. The number of benzene rings is 1. The van der Waals surface area contributed by atoms with E-state index in [4.69, 9.17) is 0 Å². The first-order valence-corrected chi connectivity index (χ1v) is 9.01. The van der Waals surface area contributed by atoms with Crippen molar-refractivity contribution < 1.29 is 14.3 Å². The fourth-order valence-electron chi connectivity index (χ4n) is 3.51. The van der Waals surface area contributed by atoms with Gasteiger partial charge in [-0.1, -0.05) is 11.8 Å². The number of anilines is 1. The Labute approximate surface area is 147 Å². The molecule has 0 saturated carbocycles. The van der Waals surface area contributed by atoms with Crippen molar-refractivity contribution in [2.45, 2.75) is 17.3 Å². The first kappa shape index (κ1) is 16.4. The highest BCUT2D eigenvalue weighted by molar-refractivity contribution is 8.00. The fourth-order valence-corrected chi connectivity index (χ4v) is 4.67. The molecule has 6 nitrogen and oxygen atoms in total. The van der Waals surface area contributed by atoms with Gasteiger partial charge in [0.05, 0.1) is 21.6 Å².